The number of pyridine rings is 1. The fourth-order valence-corrected chi connectivity index (χ4v) is 1.61. The predicted molar refractivity (Wildman–Crippen MR) is 83.6 cm³/mol. The molecule has 19 heavy (non-hydrogen) atoms. The molecule has 1 atom stereocenters. The summed E-state index contributed by atoms with van der Waals surface area (Å²) in [5.41, 5.74) is 6.28. The summed E-state index contributed by atoms with van der Waals surface area (Å²) in [5, 5.41) is 0. The van der Waals surface area contributed by atoms with Crippen LogP contribution in [-0.4, -0.2) is 30.8 Å². The Morgan fingerprint density at radius 1 is 1.37 bits per heavy atom. The molecule has 1 aromatic heterocycles. The molecule has 0 saturated carbocycles. The molecule has 2 N–H and O–H groups in total. The molecule has 0 amide bonds. The van der Waals surface area contributed by atoms with Crippen LogP contribution >= 0.6 is 0 Å². The molecular formula is C15H29N3O. The van der Waals surface area contributed by atoms with E-state index < -0.39 is 0 Å². The van der Waals surface area contributed by atoms with Crippen molar-refractivity contribution in [3.8, 4) is 0 Å². The summed E-state index contributed by atoms with van der Waals surface area (Å²) >= 11 is 0. The van der Waals surface area contributed by atoms with Gasteiger partial charge < -0.3 is 15.4 Å². The van der Waals surface area contributed by atoms with Crippen LogP contribution in [0.1, 0.15) is 41.0 Å². The van der Waals surface area contributed by atoms with Crippen LogP contribution in [0.3, 0.4) is 0 Å². The van der Waals surface area contributed by atoms with E-state index in [1.807, 2.05) is 26.0 Å². The average Bonchev–Trinajstić information content (AvgIpc) is 2.43. The first-order valence-corrected chi connectivity index (χ1v) is 7.25. The SMILES string of the molecule is CC.CCC.C[C@@H]1CN(c2ccc(N)cn2)CCO1. The van der Waals surface area contributed by atoms with Gasteiger partial charge in [-0.05, 0) is 19.1 Å². The minimum atomic E-state index is 0.281. The van der Waals surface area contributed by atoms with Crippen molar-refractivity contribution in [1.29, 1.82) is 0 Å². The lowest BCUT2D eigenvalue weighted by Crippen LogP contribution is -2.41. The van der Waals surface area contributed by atoms with E-state index in [9.17, 15) is 0 Å². The van der Waals surface area contributed by atoms with E-state index in [1.54, 1.807) is 6.20 Å². The maximum Gasteiger partial charge on any atom is 0.128 e. The maximum atomic E-state index is 5.58. The fourth-order valence-electron chi connectivity index (χ4n) is 1.61. The molecule has 1 saturated heterocycles. The zero-order chi connectivity index (χ0) is 14.7. The van der Waals surface area contributed by atoms with Crippen LogP contribution in [0.4, 0.5) is 11.5 Å². The van der Waals surface area contributed by atoms with E-state index in [-0.39, 0.29) is 6.10 Å². The third-order valence-electron chi connectivity index (χ3n) is 2.34. The topological polar surface area (TPSA) is 51.4 Å². The van der Waals surface area contributed by atoms with Crippen LogP contribution in [0.2, 0.25) is 0 Å². The number of aromatic nitrogens is 1. The highest BCUT2D eigenvalue weighted by Gasteiger charge is 2.17. The molecule has 110 valence electrons. The number of hydrogen-bond acceptors (Lipinski definition) is 4. The van der Waals surface area contributed by atoms with Gasteiger partial charge in [0.1, 0.15) is 5.82 Å². The Hall–Kier alpha value is -1.29. The Morgan fingerprint density at radius 2 is 2.00 bits per heavy atom. The Bertz CT molecular complexity index is 314. The highest BCUT2D eigenvalue weighted by Crippen LogP contribution is 2.15. The molecule has 0 aliphatic carbocycles. The molecule has 0 unspecified atom stereocenters. The van der Waals surface area contributed by atoms with Gasteiger partial charge in [-0.2, -0.15) is 0 Å². The summed E-state index contributed by atoms with van der Waals surface area (Å²) in [6.45, 7) is 12.9. The van der Waals surface area contributed by atoms with Crippen molar-refractivity contribution < 1.29 is 4.74 Å². The lowest BCUT2D eigenvalue weighted by atomic mass is 10.3. The zero-order valence-electron chi connectivity index (χ0n) is 13.0. The summed E-state index contributed by atoms with van der Waals surface area (Å²) in [7, 11) is 0. The van der Waals surface area contributed by atoms with E-state index in [0.717, 1.165) is 25.5 Å². The number of anilines is 2. The number of nitrogen functional groups attached to an aromatic ring is 1. The van der Waals surface area contributed by atoms with Crippen LogP contribution < -0.4 is 10.6 Å². The third kappa shape index (κ3) is 7.01. The van der Waals surface area contributed by atoms with Gasteiger partial charge in [-0.3, -0.25) is 0 Å². The third-order valence-corrected chi connectivity index (χ3v) is 2.34. The van der Waals surface area contributed by atoms with Gasteiger partial charge in [-0.25, -0.2) is 4.98 Å². The highest BCUT2D eigenvalue weighted by atomic mass is 16.5. The van der Waals surface area contributed by atoms with Crippen molar-refractivity contribution in [3.63, 3.8) is 0 Å². The standard InChI is InChI=1S/C10H15N3O.C3H8.C2H6/c1-8-7-13(4-5-14-8)10-3-2-9(11)6-12-10;1-3-2;1-2/h2-3,6,8H,4-5,7,11H2,1H3;3H2,1-2H3;1-2H3/t8-;;/m1../s1. The molecule has 0 bridgehead atoms. The second-order valence-electron chi connectivity index (χ2n) is 4.28. The van der Waals surface area contributed by atoms with Crippen molar-refractivity contribution in [2.24, 2.45) is 0 Å². The van der Waals surface area contributed by atoms with Crippen LogP contribution in [-0.2, 0) is 4.74 Å². The predicted octanol–water partition coefficient (Wildman–Crippen LogP) is 3.33. The van der Waals surface area contributed by atoms with Gasteiger partial charge in [-0.1, -0.05) is 34.1 Å². The minimum Gasteiger partial charge on any atom is -0.397 e. The van der Waals surface area contributed by atoms with Gasteiger partial charge in [0.05, 0.1) is 24.6 Å². The van der Waals surface area contributed by atoms with Gasteiger partial charge in [0.15, 0.2) is 0 Å². The zero-order valence-corrected chi connectivity index (χ0v) is 13.0. The second kappa shape index (κ2) is 10.6. The van der Waals surface area contributed by atoms with E-state index in [4.69, 9.17) is 10.5 Å². The number of nitrogens with two attached hydrogens (primary N) is 1. The maximum absolute atomic E-state index is 5.58. The number of hydrogen-bond donors (Lipinski definition) is 1. The Balaban J connectivity index is 0.000000573. The van der Waals surface area contributed by atoms with Gasteiger partial charge in [0.25, 0.3) is 0 Å². The van der Waals surface area contributed by atoms with Gasteiger partial charge in [0, 0.05) is 13.1 Å². The lowest BCUT2D eigenvalue weighted by molar-refractivity contribution is 0.0529. The van der Waals surface area contributed by atoms with E-state index in [0.29, 0.717) is 5.69 Å². The van der Waals surface area contributed by atoms with E-state index in [2.05, 4.69) is 30.7 Å². The summed E-state index contributed by atoms with van der Waals surface area (Å²) in [6, 6.07) is 3.83. The Labute approximate surface area is 118 Å². The van der Waals surface area contributed by atoms with Gasteiger partial charge in [0.2, 0.25) is 0 Å². The highest BCUT2D eigenvalue weighted by molar-refractivity contribution is 5.46. The largest absolute Gasteiger partial charge is 0.397 e. The van der Waals surface area contributed by atoms with Crippen molar-refractivity contribution in [1.82, 2.24) is 4.98 Å². The van der Waals surface area contributed by atoms with Crippen molar-refractivity contribution >= 4 is 11.5 Å². The summed E-state index contributed by atoms with van der Waals surface area (Å²) in [4.78, 5) is 6.50. The molecule has 1 fully saturated rings. The minimum absolute atomic E-state index is 0.281. The molecule has 2 heterocycles. The van der Waals surface area contributed by atoms with E-state index >= 15 is 0 Å². The van der Waals surface area contributed by atoms with Crippen LogP contribution in [0.25, 0.3) is 0 Å². The molecule has 1 aliphatic heterocycles. The summed E-state index contributed by atoms with van der Waals surface area (Å²) in [5.74, 6) is 0.981. The summed E-state index contributed by atoms with van der Waals surface area (Å²) < 4.78 is 5.46. The second-order valence-corrected chi connectivity index (χ2v) is 4.28. The first kappa shape index (κ1) is 17.7. The molecule has 4 nitrogen and oxygen atoms in total. The van der Waals surface area contributed by atoms with Crippen LogP contribution in [0, 0.1) is 0 Å². The first-order valence-electron chi connectivity index (χ1n) is 7.25. The van der Waals surface area contributed by atoms with Crippen LogP contribution in [0.15, 0.2) is 18.3 Å². The number of ether oxygens (including phenoxy) is 1. The molecule has 1 aliphatic rings. The molecule has 0 radical (unpaired) electrons. The molecule has 1 aromatic rings. The molecule has 0 aromatic carbocycles. The monoisotopic (exact) mass is 267 g/mol. The summed E-state index contributed by atoms with van der Waals surface area (Å²) in [6.07, 6.45) is 3.22. The fraction of sp³-hybridized carbons (Fsp3) is 0.667. The quantitative estimate of drug-likeness (QED) is 0.848. The molecule has 0 spiro atoms. The van der Waals surface area contributed by atoms with Crippen LogP contribution in [0.5, 0.6) is 0 Å². The normalized spacial score (nSPS) is 17.7. The number of rotatable bonds is 1. The number of morpholine rings is 1. The smallest absolute Gasteiger partial charge is 0.128 e. The van der Waals surface area contributed by atoms with Gasteiger partial charge >= 0.3 is 0 Å². The van der Waals surface area contributed by atoms with Crippen molar-refractivity contribution in [3.05, 3.63) is 18.3 Å². The lowest BCUT2D eigenvalue weighted by Gasteiger charge is -2.31. The first-order chi connectivity index (χ1) is 9.17. The Kier molecular flexibility index (Phi) is 9.90. The average molecular weight is 267 g/mol. The number of nitrogens with zero attached hydrogens (tertiary/aromatic N) is 2. The van der Waals surface area contributed by atoms with Crippen molar-refractivity contribution in [2.75, 3.05) is 30.3 Å². The van der Waals surface area contributed by atoms with Crippen molar-refractivity contribution in [2.45, 2.75) is 47.1 Å². The Morgan fingerprint density at radius 3 is 2.47 bits per heavy atom. The van der Waals surface area contributed by atoms with Gasteiger partial charge in [-0.15, -0.1) is 0 Å². The molecule has 4 heteroatoms. The molecule has 2 rings (SSSR count). The van der Waals surface area contributed by atoms with E-state index in [1.165, 1.54) is 6.42 Å². The molecular weight excluding hydrogens is 238 g/mol.